The molecule has 5 nitrogen and oxygen atoms in total. The summed E-state index contributed by atoms with van der Waals surface area (Å²) in [4.78, 5) is 24.0. The van der Waals surface area contributed by atoms with Crippen molar-refractivity contribution in [2.24, 2.45) is 0 Å². The van der Waals surface area contributed by atoms with Gasteiger partial charge in [0.15, 0.2) is 0 Å². The number of para-hydroxylation sites is 2. The third-order valence-corrected chi connectivity index (χ3v) is 3.76. The molecule has 0 saturated carbocycles. The molecule has 0 fully saturated rings. The molecular weight excluding hydrogens is 304 g/mol. The maximum Gasteiger partial charge on any atom is 0.337 e. The van der Waals surface area contributed by atoms with Crippen LogP contribution in [-0.2, 0) is 6.54 Å². The van der Waals surface area contributed by atoms with Crippen LogP contribution in [0.4, 0.5) is 5.69 Å². The Morgan fingerprint density at radius 3 is 2.54 bits per heavy atom. The smallest absolute Gasteiger partial charge is 0.337 e. The van der Waals surface area contributed by atoms with Crippen LogP contribution in [0.1, 0.15) is 20.7 Å². The number of fused-ring (bicyclic) bond motifs is 1. The Hall–Kier alpha value is -3.34. The fraction of sp³-hybridized carbons (Fsp3) is 0.0526. The van der Waals surface area contributed by atoms with Crippen LogP contribution in [0.3, 0.4) is 0 Å². The summed E-state index contributed by atoms with van der Waals surface area (Å²) in [7, 11) is 0. The Morgan fingerprint density at radius 1 is 1.08 bits per heavy atom. The van der Waals surface area contributed by atoms with Gasteiger partial charge in [-0.25, -0.2) is 4.79 Å². The zero-order valence-electron chi connectivity index (χ0n) is 12.9. The van der Waals surface area contributed by atoms with E-state index in [2.05, 4.69) is 11.9 Å². The van der Waals surface area contributed by atoms with Gasteiger partial charge in [-0.1, -0.05) is 36.4 Å². The first kappa shape index (κ1) is 15.6. The summed E-state index contributed by atoms with van der Waals surface area (Å²) in [5.74, 6) is -1.43. The number of hydrogen-bond acceptors (Lipinski definition) is 2. The van der Waals surface area contributed by atoms with Crippen LogP contribution >= 0.6 is 0 Å². The largest absolute Gasteiger partial charge is 0.478 e. The molecule has 2 N–H and O–H groups in total. The summed E-state index contributed by atoms with van der Waals surface area (Å²) in [5.41, 5.74) is 1.75. The van der Waals surface area contributed by atoms with Gasteiger partial charge in [0.05, 0.1) is 16.8 Å². The van der Waals surface area contributed by atoms with E-state index < -0.39 is 5.97 Å². The summed E-state index contributed by atoms with van der Waals surface area (Å²) < 4.78 is 1.93. The summed E-state index contributed by atoms with van der Waals surface area (Å²) in [5, 5.41) is 12.7. The molecule has 2 aromatic carbocycles. The third kappa shape index (κ3) is 2.79. The summed E-state index contributed by atoms with van der Waals surface area (Å²) in [6, 6.07) is 13.9. The van der Waals surface area contributed by atoms with E-state index in [4.69, 9.17) is 0 Å². The Morgan fingerprint density at radius 2 is 1.79 bits per heavy atom. The number of nitrogens with one attached hydrogen (secondary N) is 1. The summed E-state index contributed by atoms with van der Waals surface area (Å²) in [6.45, 7) is 4.31. The van der Waals surface area contributed by atoms with E-state index in [0.717, 1.165) is 10.9 Å². The van der Waals surface area contributed by atoms with Gasteiger partial charge in [0, 0.05) is 23.6 Å². The highest BCUT2D eigenvalue weighted by molar-refractivity contribution is 6.14. The number of rotatable bonds is 5. The maximum absolute atomic E-state index is 12.7. The summed E-state index contributed by atoms with van der Waals surface area (Å²) in [6.07, 6.45) is 3.51. The van der Waals surface area contributed by atoms with Crippen LogP contribution in [0, 0.1) is 0 Å². The van der Waals surface area contributed by atoms with Crippen molar-refractivity contribution >= 4 is 28.5 Å². The molecule has 0 aliphatic rings. The Kier molecular flexibility index (Phi) is 4.16. The number of carbonyl (C=O) groups is 2. The van der Waals surface area contributed by atoms with E-state index in [1.54, 1.807) is 30.5 Å². The highest BCUT2D eigenvalue weighted by Crippen LogP contribution is 2.23. The molecule has 120 valence electrons. The van der Waals surface area contributed by atoms with E-state index in [-0.39, 0.29) is 17.2 Å². The third-order valence-electron chi connectivity index (χ3n) is 3.76. The van der Waals surface area contributed by atoms with Crippen LogP contribution in [0.25, 0.3) is 10.9 Å². The molecule has 1 heterocycles. The molecule has 0 aliphatic heterocycles. The first-order valence-electron chi connectivity index (χ1n) is 7.44. The number of nitrogens with zero attached hydrogens (tertiary/aromatic N) is 1. The van der Waals surface area contributed by atoms with E-state index in [1.165, 1.54) is 6.07 Å². The lowest BCUT2D eigenvalue weighted by atomic mass is 10.1. The standard InChI is InChI=1S/C19H16N2O3/c1-2-11-21-12-15(13-7-4-6-10-17(13)21)18(22)20-16-9-5-3-8-14(16)19(23)24/h2-10,12H,1,11H2,(H,20,22)(H,23,24). The SMILES string of the molecule is C=CCn1cc(C(=O)Nc2ccccc2C(=O)O)c2ccccc21. The highest BCUT2D eigenvalue weighted by Gasteiger charge is 2.17. The minimum atomic E-state index is -1.08. The molecule has 1 aromatic heterocycles. The minimum Gasteiger partial charge on any atom is -0.478 e. The molecule has 0 saturated heterocycles. The fourth-order valence-corrected chi connectivity index (χ4v) is 2.69. The van der Waals surface area contributed by atoms with Crippen LogP contribution in [-0.4, -0.2) is 21.6 Å². The van der Waals surface area contributed by atoms with Gasteiger partial charge in [-0.3, -0.25) is 4.79 Å². The van der Waals surface area contributed by atoms with Crippen molar-refractivity contribution in [1.82, 2.24) is 4.57 Å². The zero-order chi connectivity index (χ0) is 17.1. The van der Waals surface area contributed by atoms with Gasteiger partial charge >= 0.3 is 5.97 Å². The lowest BCUT2D eigenvalue weighted by Gasteiger charge is -2.07. The first-order chi connectivity index (χ1) is 11.6. The maximum atomic E-state index is 12.7. The van der Waals surface area contributed by atoms with Crippen LogP contribution in [0.15, 0.2) is 67.4 Å². The number of hydrogen-bond donors (Lipinski definition) is 2. The fourth-order valence-electron chi connectivity index (χ4n) is 2.69. The number of carboxylic acid groups (broad SMARTS) is 1. The molecule has 0 spiro atoms. The van der Waals surface area contributed by atoms with E-state index in [0.29, 0.717) is 12.1 Å². The number of allylic oxidation sites excluding steroid dienone is 1. The first-order valence-corrected chi connectivity index (χ1v) is 7.44. The van der Waals surface area contributed by atoms with Gasteiger partial charge in [0.25, 0.3) is 5.91 Å². The second kappa shape index (κ2) is 6.42. The number of benzene rings is 2. The zero-order valence-corrected chi connectivity index (χ0v) is 12.9. The van der Waals surface area contributed by atoms with Crippen molar-refractivity contribution in [2.75, 3.05) is 5.32 Å². The molecule has 0 atom stereocenters. The molecule has 0 bridgehead atoms. The quantitative estimate of drug-likeness (QED) is 0.703. The molecule has 24 heavy (non-hydrogen) atoms. The number of aromatic nitrogens is 1. The van der Waals surface area contributed by atoms with E-state index in [1.807, 2.05) is 28.8 Å². The minimum absolute atomic E-state index is 0.0562. The number of carbonyl (C=O) groups excluding carboxylic acids is 1. The second-order valence-corrected chi connectivity index (χ2v) is 5.31. The van der Waals surface area contributed by atoms with Gasteiger partial charge in [-0.15, -0.1) is 6.58 Å². The Balaban J connectivity index is 2.01. The Bertz CT molecular complexity index is 941. The number of carboxylic acids is 1. The lowest BCUT2D eigenvalue weighted by Crippen LogP contribution is -2.14. The van der Waals surface area contributed by atoms with Gasteiger partial charge in [0.1, 0.15) is 0 Å². The van der Waals surface area contributed by atoms with E-state index >= 15 is 0 Å². The molecule has 3 aromatic rings. The van der Waals surface area contributed by atoms with Crippen LogP contribution in [0.2, 0.25) is 0 Å². The Labute approximate surface area is 138 Å². The molecule has 0 unspecified atom stereocenters. The number of aromatic carboxylic acids is 1. The van der Waals surface area contributed by atoms with Gasteiger partial charge in [-0.05, 0) is 18.2 Å². The van der Waals surface area contributed by atoms with Crippen molar-refractivity contribution < 1.29 is 14.7 Å². The van der Waals surface area contributed by atoms with Crippen molar-refractivity contribution in [3.8, 4) is 0 Å². The normalized spacial score (nSPS) is 10.5. The van der Waals surface area contributed by atoms with Gasteiger partial charge < -0.3 is 15.0 Å². The molecular formula is C19H16N2O3. The molecule has 5 heteroatoms. The van der Waals surface area contributed by atoms with Crippen molar-refractivity contribution in [1.29, 1.82) is 0 Å². The highest BCUT2D eigenvalue weighted by atomic mass is 16.4. The van der Waals surface area contributed by atoms with Crippen LogP contribution in [0.5, 0.6) is 0 Å². The average molecular weight is 320 g/mol. The number of amides is 1. The lowest BCUT2D eigenvalue weighted by molar-refractivity contribution is 0.0698. The van der Waals surface area contributed by atoms with Crippen molar-refractivity contribution in [3.05, 3.63) is 78.5 Å². The second-order valence-electron chi connectivity index (χ2n) is 5.31. The number of anilines is 1. The van der Waals surface area contributed by atoms with E-state index in [9.17, 15) is 14.7 Å². The molecule has 1 amide bonds. The predicted octanol–water partition coefficient (Wildman–Crippen LogP) is 3.78. The van der Waals surface area contributed by atoms with Gasteiger partial charge in [0.2, 0.25) is 0 Å². The summed E-state index contributed by atoms with van der Waals surface area (Å²) >= 11 is 0. The molecule has 0 radical (unpaired) electrons. The van der Waals surface area contributed by atoms with Crippen LogP contribution < -0.4 is 5.32 Å². The molecule has 3 rings (SSSR count). The van der Waals surface area contributed by atoms with Crippen molar-refractivity contribution in [2.45, 2.75) is 6.54 Å². The van der Waals surface area contributed by atoms with Crippen molar-refractivity contribution in [3.63, 3.8) is 0 Å². The predicted molar refractivity (Wildman–Crippen MR) is 93.5 cm³/mol. The average Bonchev–Trinajstić information content (AvgIpc) is 2.95. The van der Waals surface area contributed by atoms with Gasteiger partial charge in [-0.2, -0.15) is 0 Å². The topological polar surface area (TPSA) is 71.3 Å². The monoisotopic (exact) mass is 320 g/mol. The molecule has 0 aliphatic carbocycles.